The van der Waals surface area contributed by atoms with E-state index in [1.165, 1.54) is 86.6 Å². The molecule has 4 amide bonds. The van der Waals surface area contributed by atoms with Crippen LogP contribution in [0.3, 0.4) is 0 Å². The molecule has 0 aromatic heterocycles. The molecule has 0 heterocycles. The predicted molar refractivity (Wildman–Crippen MR) is 252 cm³/mol. The third-order valence-electron chi connectivity index (χ3n) is 9.09. The maximum Gasteiger partial charge on any atom is 0.258 e. The van der Waals surface area contributed by atoms with Crippen LogP contribution >= 0.6 is 69.6 Å². The summed E-state index contributed by atoms with van der Waals surface area (Å²) in [7, 11) is 0. The van der Waals surface area contributed by atoms with E-state index in [1.807, 2.05) is 13.8 Å². The first-order valence-electron chi connectivity index (χ1n) is 19.1. The maximum atomic E-state index is 13.7. The van der Waals surface area contributed by atoms with Crippen molar-refractivity contribution in [3.8, 4) is 0 Å². The van der Waals surface area contributed by atoms with E-state index >= 15 is 0 Å². The fourth-order valence-electron chi connectivity index (χ4n) is 6.03. The molecule has 2 atom stereocenters. The van der Waals surface area contributed by atoms with Crippen LogP contribution in [0.1, 0.15) is 59.5 Å². The highest BCUT2D eigenvalue weighted by atomic mass is 35.5. The van der Waals surface area contributed by atoms with Crippen LogP contribution in [0.5, 0.6) is 0 Å². The summed E-state index contributed by atoms with van der Waals surface area (Å²) in [4.78, 5) is 78.8. The SMILES string of the molecule is CCc1cc(NC(=O)C(N=Nc2cccc(C(=O)Nc3cc(Cl)cc(Cl)c3)c2Cl)C(C)=O)cc(CC)c1NC(=O)C(N=Nc1cccc(C(=O)Nc2cc(Cl)cc(Cl)c2)c1Cl)C(C)=O. The number of anilines is 4. The molecule has 0 saturated heterocycles. The fourth-order valence-corrected chi connectivity index (χ4v) is 7.58. The monoisotopic (exact) mass is 982 g/mol. The maximum absolute atomic E-state index is 13.7. The van der Waals surface area contributed by atoms with Crippen LogP contribution in [0.2, 0.25) is 30.1 Å². The van der Waals surface area contributed by atoms with Gasteiger partial charge in [0.1, 0.15) is 11.4 Å². The van der Waals surface area contributed by atoms with Crippen molar-refractivity contribution in [2.75, 3.05) is 21.3 Å². The Morgan fingerprint density at radius 2 is 0.859 bits per heavy atom. The Balaban J connectivity index is 1.31. The van der Waals surface area contributed by atoms with Gasteiger partial charge in [0.25, 0.3) is 23.6 Å². The van der Waals surface area contributed by atoms with Crippen molar-refractivity contribution in [1.29, 1.82) is 0 Å². The molecule has 64 heavy (non-hydrogen) atoms. The smallest absolute Gasteiger partial charge is 0.258 e. The van der Waals surface area contributed by atoms with Gasteiger partial charge < -0.3 is 21.3 Å². The third kappa shape index (κ3) is 12.7. The standard InChI is InChI=1S/C44H36Cl6N8O6/c1-5-23-13-29(53-43(63)38(21(3)59)57-55-34-11-7-9-32(36(34)49)41(61)51-30-17-25(45)15-26(46)18-30)14-24(6-2)40(23)54-44(64)39(22(4)60)58-56-35-12-8-10-33(37(35)50)42(62)52-31-19-27(47)16-28(48)20-31/h7-20,38-39H,5-6H2,1-4H3,(H,51,61)(H,52,62)(H,53,63)(H,54,64). The van der Waals surface area contributed by atoms with Gasteiger partial charge in [0.2, 0.25) is 12.1 Å². The van der Waals surface area contributed by atoms with Gasteiger partial charge in [-0.3, -0.25) is 28.8 Å². The molecule has 20 heteroatoms. The quantitative estimate of drug-likeness (QED) is 0.0560. The molecular formula is C44H36Cl6N8O6. The number of benzene rings is 5. The second-order valence-electron chi connectivity index (χ2n) is 13.8. The van der Waals surface area contributed by atoms with Crippen LogP contribution in [0.4, 0.5) is 34.1 Å². The number of amides is 4. The first-order chi connectivity index (χ1) is 30.4. The molecule has 14 nitrogen and oxygen atoms in total. The topological polar surface area (TPSA) is 200 Å². The molecule has 0 aliphatic carbocycles. The predicted octanol–water partition coefficient (Wildman–Crippen LogP) is 12.6. The van der Waals surface area contributed by atoms with Crippen LogP contribution < -0.4 is 21.3 Å². The second kappa shape index (κ2) is 22.2. The number of halogens is 6. The first kappa shape index (κ1) is 49.3. The number of carbonyl (C=O) groups is 6. The number of nitrogens with zero attached hydrogens (tertiary/aromatic N) is 4. The lowest BCUT2D eigenvalue weighted by Gasteiger charge is -2.19. The Labute approximate surface area is 397 Å². The number of aryl methyl sites for hydroxylation is 2. The molecule has 4 N–H and O–H groups in total. The molecule has 5 aromatic carbocycles. The minimum atomic E-state index is -1.61. The van der Waals surface area contributed by atoms with E-state index in [-0.39, 0.29) is 38.2 Å². The number of carbonyl (C=O) groups excluding carboxylic acids is 6. The zero-order chi connectivity index (χ0) is 46.8. The minimum Gasteiger partial charge on any atom is -0.324 e. The van der Waals surface area contributed by atoms with E-state index in [9.17, 15) is 28.8 Å². The largest absolute Gasteiger partial charge is 0.324 e. The van der Waals surface area contributed by atoms with Crippen molar-refractivity contribution in [2.45, 2.75) is 52.6 Å². The molecular weight excluding hydrogens is 949 g/mol. The van der Waals surface area contributed by atoms with Crippen LogP contribution in [0, 0.1) is 0 Å². The van der Waals surface area contributed by atoms with Crippen molar-refractivity contribution < 1.29 is 28.8 Å². The molecule has 5 aromatic rings. The van der Waals surface area contributed by atoms with Gasteiger partial charge in [-0.05, 0) is 111 Å². The normalized spacial score (nSPS) is 12.2. The number of Topliss-reactive ketones (excluding diaryl/α,β-unsaturated/α-hetero) is 2. The lowest BCUT2D eigenvalue weighted by Crippen LogP contribution is -2.33. The molecule has 0 aliphatic rings. The number of hydrogen-bond donors (Lipinski definition) is 4. The Morgan fingerprint density at radius 3 is 1.22 bits per heavy atom. The van der Waals surface area contributed by atoms with Crippen LogP contribution in [-0.4, -0.2) is 47.3 Å². The van der Waals surface area contributed by atoms with Crippen molar-refractivity contribution in [3.05, 3.63) is 137 Å². The van der Waals surface area contributed by atoms with Gasteiger partial charge in [-0.25, -0.2) is 0 Å². The summed E-state index contributed by atoms with van der Waals surface area (Å²) < 4.78 is 0. The van der Waals surface area contributed by atoms with Gasteiger partial charge in [0, 0.05) is 42.8 Å². The van der Waals surface area contributed by atoms with E-state index in [1.54, 1.807) is 12.1 Å². The summed E-state index contributed by atoms with van der Waals surface area (Å²) in [5, 5.41) is 28.0. The van der Waals surface area contributed by atoms with Crippen molar-refractivity contribution in [3.63, 3.8) is 0 Å². The highest BCUT2D eigenvalue weighted by Gasteiger charge is 2.27. The summed E-state index contributed by atoms with van der Waals surface area (Å²) in [6, 6.07) is 17.8. The highest BCUT2D eigenvalue weighted by molar-refractivity contribution is 6.38. The van der Waals surface area contributed by atoms with Gasteiger partial charge in [0.05, 0.1) is 21.2 Å². The van der Waals surface area contributed by atoms with Crippen LogP contribution in [-0.2, 0) is 32.0 Å². The molecule has 330 valence electrons. The van der Waals surface area contributed by atoms with E-state index < -0.39 is 47.3 Å². The van der Waals surface area contributed by atoms with Gasteiger partial charge >= 0.3 is 0 Å². The molecule has 5 rings (SSSR count). The van der Waals surface area contributed by atoms with Crippen LogP contribution in [0.25, 0.3) is 0 Å². The van der Waals surface area contributed by atoms with Gasteiger partial charge in [-0.15, -0.1) is 0 Å². The number of nitrogens with one attached hydrogen (secondary N) is 4. The summed E-state index contributed by atoms with van der Waals surface area (Å²) in [6.07, 6.45) is 0.736. The van der Waals surface area contributed by atoms with Crippen molar-refractivity contribution in [1.82, 2.24) is 0 Å². The molecule has 2 unspecified atom stereocenters. The lowest BCUT2D eigenvalue weighted by molar-refractivity contribution is -0.127. The van der Waals surface area contributed by atoms with Gasteiger partial charge in [-0.2, -0.15) is 20.5 Å². The van der Waals surface area contributed by atoms with Crippen LogP contribution in [0.15, 0.2) is 105 Å². The molecule has 0 fully saturated rings. The zero-order valence-electron chi connectivity index (χ0n) is 34.2. The van der Waals surface area contributed by atoms with E-state index in [2.05, 4.69) is 41.7 Å². The first-order valence-corrected chi connectivity index (χ1v) is 21.4. The Kier molecular flexibility index (Phi) is 17.1. The average molecular weight is 986 g/mol. The number of ketones is 2. The van der Waals surface area contributed by atoms with Gasteiger partial charge in [0.15, 0.2) is 11.6 Å². The summed E-state index contributed by atoms with van der Waals surface area (Å²) in [5.41, 5.74) is 2.56. The number of azo groups is 2. The zero-order valence-corrected chi connectivity index (χ0v) is 38.7. The van der Waals surface area contributed by atoms with Gasteiger partial charge in [-0.1, -0.05) is 95.6 Å². The average Bonchev–Trinajstić information content (AvgIpc) is 3.21. The van der Waals surface area contributed by atoms with E-state index in [0.717, 1.165) is 0 Å². The second-order valence-corrected chi connectivity index (χ2v) is 16.3. The minimum absolute atomic E-state index is 0.0163. The Hall–Kier alpha value is -5.74. The number of rotatable bonds is 16. The van der Waals surface area contributed by atoms with E-state index in [4.69, 9.17) is 69.6 Å². The molecule has 0 radical (unpaired) electrons. The summed E-state index contributed by atoms with van der Waals surface area (Å²) in [6.45, 7) is 5.98. The Morgan fingerprint density at radius 1 is 0.500 bits per heavy atom. The molecule has 0 bridgehead atoms. The van der Waals surface area contributed by atoms with Crippen molar-refractivity contribution >= 4 is 139 Å². The Bertz CT molecular complexity index is 2680. The van der Waals surface area contributed by atoms with E-state index in [0.29, 0.717) is 61.1 Å². The fraction of sp³-hybridized carbons (Fsp3) is 0.182. The number of hydrogen-bond acceptors (Lipinski definition) is 10. The van der Waals surface area contributed by atoms with Crippen molar-refractivity contribution in [2.24, 2.45) is 20.5 Å². The third-order valence-corrected chi connectivity index (χ3v) is 10.8. The molecule has 0 saturated carbocycles. The highest BCUT2D eigenvalue weighted by Crippen LogP contribution is 2.33. The molecule has 0 spiro atoms. The summed E-state index contributed by atoms with van der Waals surface area (Å²) >= 11 is 37.2. The lowest BCUT2D eigenvalue weighted by atomic mass is 10.0. The summed E-state index contributed by atoms with van der Waals surface area (Å²) in [5.74, 6) is -4.08. The molecule has 0 aliphatic heterocycles.